The number of hydrogen-bond acceptors (Lipinski definition) is 4. The van der Waals surface area contributed by atoms with Gasteiger partial charge in [-0.1, -0.05) is 72.8 Å². The van der Waals surface area contributed by atoms with Gasteiger partial charge in [0.2, 0.25) is 5.91 Å². The third kappa shape index (κ3) is 6.05. The van der Waals surface area contributed by atoms with Crippen molar-refractivity contribution < 1.29 is 14.7 Å². The van der Waals surface area contributed by atoms with Crippen molar-refractivity contribution in [1.29, 1.82) is 0 Å². The molecule has 0 unspecified atom stereocenters. The zero-order valence-electron chi connectivity index (χ0n) is 26.6. The molecule has 8 bridgehead atoms. The average Bonchev–Trinajstić information content (AvgIpc) is 3.97. The number of nitrogens with zero attached hydrogens (tertiary/aromatic N) is 2. The van der Waals surface area contributed by atoms with Crippen molar-refractivity contribution in [2.75, 3.05) is 5.32 Å². The Morgan fingerprint density at radius 1 is 0.560 bits per heavy atom. The van der Waals surface area contributed by atoms with Gasteiger partial charge in [-0.15, -0.1) is 0 Å². The maximum Gasteiger partial charge on any atom is 0.328 e. The molecular weight excluding hydrogens is 622 g/mol. The van der Waals surface area contributed by atoms with Crippen molar-refractivity contribution in [3.05, 3.63) is 150 Å². The van der Waals surface area contributed by atoms with Gasteiger partial charge in [-0.25, -0.2) is 14.8 Å². The zero-order chi connectivity index (χ0) is 34.0. The van der Waals surface area contributed by atoms with Crippen LogP contribution in [0.15, 0.2) is 127 Å². The summed E-state index contributed by atoms with van der Waals surface area (Å²) in [6.07, 6.45) is 9.94. The standard InChI is InChI=1S/C42H29N5O3/c48-38(23-24-39(49)50)45-29-13-11-28(12-14-29)42-36-21-19-34(46-36)40(26-7-3-1-4-8-26)32-17-15-30(43-32)25-31-16-18-33(44-31)41(27-9-5-2-6-10-27)35-20-22-37(42)47-35/h1-25,43,47H,(H,45,48)(H,49,50)/b24-23+,30-25?,31-25?,40-32?,40-34?,41-33?,41-35?,42-36?,42-37?. The van der Waals surface area contributed by atoms with E-state index in [9.17, 15) is 9.59 Å². The number of carboxylic acid groups (broad SMARTS) is 1. The van der Waals surface area contributed by atoms with Crippen LogP contribution in [0.1, 0.15) is 22.8 Å². The Bertz CT molecular complexity index is 2510. The lowest BCUT2D eigenvalue weighted by Gasteiger charge is -2.07. The third-order valence-corrected chi connectivity index (χ3v) is 8.52. The Balaban J connectivity index is 1.41. The number of nitrogens with one attached hydrogen (secondary N) is 3. The Hall–Kier alpha value is -7.06. The molecule has 0 fully saturated rings. The number of carbonyl (C=O) groups excluding carboxylic acids is 1. The molecule has 5 heterocycles. The van der Waals surface area contributed by atoms with Crippen molar-refractivity contribution in [1.82, 2.24) is 19.9 Å². The number of hydrogen-bond donors (Lipinski definition) is 4. The summed E-state index contributed by atoms with van der Waals surface area (Å²) in [5, 5.41) is 11.6. The summed E-state index contributed by atoms with van der Waals surface area (Å²) in [5.41, 5.74) is 13.2. The Kier molecular flexibility index (Phi) is 7.79. The molecule has 2 aliphatic heterocycles. The second-order valence-electron chi connectivity index (χ2n) is 11.8. The van der Waals surface area contributed by atoms with Gasteiger partial charge < -0.3 is 20.4 Å². The second-order valence-corrected chi connectivity index (χ2v) is 11.8. The Morgan fingerprint density at radius 3 is 1.68 bits per heavy atom. The molecule has 3 aromatic heterocycles. The first-order chi connectivity index (χ1) is 24.5. The molecule has 8 rings (SSSR count). The van der Waals surface area contributed by atoms with Crippen molar-refractivity contribution in [2.45, 2.75) is 0 Å². The van der Waals surface area contributed by atoms with Gasteiger partial charge in [0.25, 0.3) is 0 Å². The lowest BCUT2D eigenvalue weighted by atomic mass is 10.0. The van der Waals surface area contributed by atoms with E-state index in [0.717, 1.165) is 90.4 Å². The third-order valence-electron chi connectivity index (χ3n) is 8.52. The first-order valence-corrected chi connectivity index (χ1v) is 16.0. The summed E-state index contributed by atoms with van der Waals surface area (Å²) in [5.74, 6) is -1.72. The minimum Gasteiger partial charge on any atom is -0.478 e. The molecule has 0 aliphatic carbocycles. The fraction of sp³-hybridized carbons (Fsp3) is 0. The first kappa shape index (κ1) is 30.3. The van der Waals surface area contributed by atoms with Crippen LogP contribution in [-0.4, -0.2) is 36.9 Å². The number of rotatable bonds is 6. The Morgan fingerprint density at radius 2 is 1.08 bits per heavy atom. The number of aliphatic carboxylic acids is 1. The van der Waals surface area contributed by atoms with Gasteiger partial charge in [-0.3, -0.25) is 4.79 Å². The molecular formula is C42H29N5O3. The first-order valence-electron chi connectivity index (χ1n) is 16.0. The van der Waals surface area contributed by atoms with Crippen LogP contribution >= 0.6 is 0 Å². The Labute approximate surface area is 286 Å². The number of fused-ring (bicyclic) bond motifs is 8. The van der Waals surface area contributed by atoms with Gasteiger partial charge in [-0.2, -0.15) is 0 Å². The number of carboxylic acids is 1. The van der Waals surface area contributed by atoms with E-state index in [4.69, 9.17) is 15.1 Å². The molecule has 0 radical (unpaired) electrons. The van der Waals surface area contributed by atoms with Gasteiger partial charge in [-0.05, 0) is 83.5 Å². The maximum absolute atomic E-state index is 12.3. The largest absolute Gasteiger partial charge is 0.478 e. The predicted octanol–water partition coefficient (Wildman–Crippen LogP) is 9.24. The quantitative estimate of drug-likeness (QED) is 0.134. The number of aromatic amines is 2. The molecule has 4 N–H and O–H groups in total. The molecule has 8 heteroatoms. The molecule has 2 aliphatic rings. The maximum atomic E-state index is 12.3. The summed E-state index contributed by atoms with van der Waals surface area (Å²) < 4.78 is 0. The van der Waals surface area contributed by atoms with Crippen molar-refractivity contribution in [3.8, 4) is 33.4 Å². The van der Waals surface area contributed by atoms with E-state index in [2.05, 4.69) is 69.9 Å². The molecule has 6 aromatic rings. The number of benzene rings is 3. The summed E-state index contributed by atoms with van der Waals surface area (Å²) in [4.78, 5) is 40.7. The fourth-order valence-corrected chi connectivity index (χ4v) is 6.31. The molecule has 0 spiro atoms. The molecule has 1 amide bonds. The van der Waals surface area contributed by atoms with Crippen molar-refractivity contribution in [2.24, 2.45) is 0 Å². The molecule has 0 atom stereocenters. The molecule has 8 nitrogen and oxygen atoms in total. The van der Waals surface area contributed by atoms with Crippen LogP contribution in [0.3, 0.4) is 0 Å². The van der Waals surface area contributed by atoms with Gasteiger partial charge in [0.15, 0.2) is 0 Å². The van der Waals surface area contributed by atoms with Crippen molar-refractivity contribution in [3.63, 3.8) is 0 Å². The number of amides is 1. The molecule has 240 valence electrons. The molecule has 3 aromatic carbocycles. The number of carbonyl (C=O) groups is 2. The predicted molar refractivity (Wildman–Crippen MR) is 201 cm³/mol. The number of aromatic nitrogens is 4. The lowest BCUT2D eigenvalue weighted by molar-refractivity contribution is -0.131. The van der Waals surface area contributed by atoms with Crippen LogP contribution in [-0.2, 0) is 9.59 Å². The fourth-order valence-electron chi connectivity index (χ4n) is 6.31. The summed E-state index contributed by atoms with van der Waals surface area (Å²) in [6.45, 7) is 0. The van der Waals surface area contributed by atoms with Crippen LogP contribution in [0.5, 0.6) is 0 Å². The normalized spacial score (nSPS) is 12.0. The topological polar surface area (TPSA) is 124 Å². The van der Waals surface area contributed by atoms with Gasteiger partial charge >= 0.3 is 5.97 Å². The van der Waals surface area contributed by atoms with Gasteiger partial charge in [0, 0.05) is 56.6 Å². The van der Waals surface area contributed by atoms with Crippen LogP contribution in [0.2, 0.25) is 0 Å². The van der Waals surface area contributed by atoms with E-state index in [1.165, 1.54) is 0 Å². The summed E-state index contributed by atoms with van der Waals surface area (Å²) in [7, 11) is 0. The highest BCUT2D eigenvalue weighted by Gasteiger charge is 2.17. The summed E-state index contributed by atoms with van der Waals surface area (Å²) >= 11 is 0. The smallest absolute Gasteiger partial charge is 0.328 e. The molecule has 50 heavy (non-hydrogen) atoms. The highest BCUT2D eigenvalue weighted by Crippen LogP contribution is 2.36. The van der Waals surface area contributed by atoms with Crippen LogP contribution in [0.25, 0.3) is 79.8 Å². The van der Waals surface area contributed by atoms with Crippen LogP contribution in [0, 0.1) is 0 Å². The van der Waals surface area contributed by atoms with Crippen molar-refractivity contribution >= 4 is 63.9 Å². The SMILES string of the molecule is O=C(O)/C=C/C(=O)Nc1ccc(-c2c3nc(c(-c4ccccc4)c4ccc(cc5nc(c(-c6ccccc6)c6ccc2[nH]6)C=C5)[nH]4)C=C3)cc1. The number of H-pyrrole nitrogens is 2. The van der Waals surface area contributed by atoms with E-state index < -0.39 is 11.9 Å². The van der Waals surface area contributed by atoms with Gasteiger partial charge in [0.05, 0.1) is 22.8 Å². The van der Waals surface area contributed by atoms with E-state index in [1.54, 1.807) is 12.1 Å². The minimum absolute atomic E-state index is 0.530. The lowest BCUT2D eigenvalue weighted by Crippen LogP contribution is -2.08. The molecule has 0 saturated carbocycles. The van der Waals surface area contributed by atoms with Gasteiger partial charge in [0.1, 0.15) is 0 Å². The average molecular weight is 652 g/mol. The van der Waals surface area contributed by atoms with E-state index in [-0.39, 0.29) is 0 Å². The monoisotopic (exact) mass is 651 g/mol. The van der Waals surface area contributed by atoms with Crippen LogP contribution in [0.4, 0.5) is 5.69 Å². The summed E-state index contributed by atoms with van der Waals surface area (Å²) in [6, 6.07) is 38.1. The highest BCUT2D eigenvalue weighted by atomic mass is 16.4. The van der Waals surface area contributed by atoms with E-state index in [1.807, 2.05) is 72.8 Å². The zero-order valence-corrected chi connectivity index (χ0v) is 26.6. The highest BCUT2D eigenvalue weighted by molar-refractivity contribution is 6.03. The molecule has 0 saturated heterocycles. The minimum atomic E-state index is -1.19. The number of anilines is 1. The van der Waals surface area contributed by atoms with E-state index in [0.29, 0.717) is 5.69 Å². The second kappa shape index (κ2) is 12.9. The van der Waals surface area contributed by atoms with Crippen LogP contribution < -0.4 is 5.32 Å². The van der Waals surface area contributed by atoms with E-state index >= 15 is 0 Å².